The van der Waals surface area contributed by atoms with Gasteiger partial charge in [0, 0.05) is 17.0 Å². The van der Waals surface area contributed by atoms with Crippen LogP contribution in [0.4, 0.5) is 15.5 Å². The zero-order valence-corrected chi connectivity index (χ0v) is 12.8. The molecule has 1 heterocycles. The van der Waals surface area contributed by atoms with Crippen LogP contribution in [0, 0.1) is 0 Å². The largest absolute Gasteiger partial charge is 0.453 e. The smallest absolute Gasteiger partial charge is 0.411 e. The summed E-state index contributed by atoms with van der Waals surface area (Å²) in [5.74, 6) is 0. The standard InChI is InChI=1S/C13H14N2O2S.C2H6/c1-17-13(16)15-10-4-2-3-9(7-10)8-11-5-6-12(14)18-11;1-2/h2-7H,8,14H2,1H3,(H,15,16);1-2H3. The SMILES string of the molecule is CC.COC(=O)Nc1cccc(Cc2ccc(N)s2)c1. The first-order valence-corrected chi connectivity index (χ1v) is 7.27. The first-order valence-electron chi connectivity index (χ1n) is 6.45. The highest BCUT2D eigenvalue weighted by Gasteiger charge is 2.03. The monoisotopic (exact) mass is 292 g/mol. The van der Waals surface area contributed by atoms with Gasteiger partial charge in [0.15, 0.2) is 0 Å². The zero-order valence-electron chi connectivity index (χ0n) is 12.0. The maximum atomic E-state index is 11.1. The van der Waals surface area contributed by atoms with Crippen molar-refractivity contribution in [3.8, 4) is 0 Å². The van der Waals surface area contributed by atoms with Crippen molar-refractivity contribution in [1.82, 2.24) is 0 Å². The third-order valence-corrected chi connectivity index (χ3v) is 3.33. The highest BCUT2D eigenvalue weighted by Crippen LogP contribution is 2.22. The molecule has 2 rings (SSSR count). The highest BCUT2D eigenvalue weighted by molar-refractivity contribution is 7.15. The average Bonchev–Trinajstić information content (AvgIpc) is 2.86. The van der Waals surface area contributed by atoms with Crippen LogP contribution in [-0.2, 0) is 11.2 Å². The Morgan fingerprint density at radius 2 is 2.05 bits per heavy atom. The van der Waals surface area contributed by atoms with Crippen molar-refractivity contribution in [2.24, 2.45) is 0 Å². The number of anilines is 2. The fourth-order valence-electron chi connectivity index (χ4n) is 1.62. The van der Waals surface area contributed by atoms with E-state index in [0.717, 1.165) is 22.7 Å². The molecule has 0 aliphatic rings. The number of nitrogens with two attached hydrogens (primary N) is 1. The van der Waals surface area contributed by atoms with Crippen molar-refractivity contribution < 1.29 is 9.53 Å². The van der Waals surface area contributed by atoms with E-state index in [9.17, 15) is 4.79 Å². The van der Waals surface area contributed by atoms with Crippen LogP contribution in [0.3, 0.4) is 0 Å². The summed E-state index contributed by atoms with van der Waals surface area (Å²) in [4.78, 5) is 12.3. The number of methoxy groups -OCH3 is 1. The molecule has 0 fully saturated rings. The summed E-state index contributed by atoms with van der Waals surface area (Å²) >= 11 is 1.57. The van der Waals surface area contributed by atoms with Gasteiger partial charge in [0.25, 0.3) is 0 Å². The Labute approximate surface area is 123 Å². The molecule has 4 nitrogen and oxygen atoms in total. The number of nitrogens with one attached hydrogen (secondary N) is 1. The molecular weight excluding hydrogens is 272 g/mol. The maximum absolute atomic E-state index is 11.1. The zero-order chi connectivity index (χ0) is 15.0. The quantitative estimate of drug-likeness (QED) is 0.894. The summed E-state index contributed by atoms with van der Waals surface area (Å²) in [5, 5.41) is 3.45. The molecule has 0 unspecified atom stereocenters. The van der Waals surface area contributed by atoms with Crippen LogP contribution >= 0.6 is 11.3 Å². The van der Waals surface area contributed by atoms with Crippen molar-refractivity contribution in [2.75, 3.05) is 18.2 Å². The van der Waals surface area contributed by atoms with E-state index in [1.807, 2.05) is 50.2 Å². The molecule has 0 radical (unpaired) electrons. The van der Waals surface area contributed by atoms with Crippen LogP contribution in [-0.4, -0.2) is 13.2 Å². The molecule has 2 aromatic rings. The van der Waals surface area contributed by atoms with Gasteiger partial charge in [-0.2, -0.15) is 0 Å². The van der Waals surface area contributed by atoms with Crippen molar-refractivity contribution in [2.45, 2.75) is 20.3 Å². The van der Waals surface area contributed by atoms with E-state index in [1.54, 1.807) is 11.3 Å². The topological polar surface area (TPSA) is 64.3 Å². The average molecular weight is 292 g/mol. The minimum Gasteiger partial charge on any atom is -0.453 e. The maximum Gasteiger partial charge on any atom is 0.411 e. The normalized spacial score (nSPS) is 9.35. The van der Waals surface area contributed by atoms with Crippen molar-refractivity contribution in [3.05, 3.63) is 46.8 Å². The Morgan fingerprint density at radius 3 is 2.65 bits per heavy atom. The Morgan fingerprint density at radius 1 is 1.30 bits per heavy atom. The van der Waals surface area contributed by atoms with Gasteiger partial charge in [0.2, 0.25) is 0 Å². The molecule has 0 aliphatic heterocycles. The molecule has 0 atom stereocenters. The van der Waals surface area contributed by atoms with Gasteiger partial charge in [0.1, 0.15) is 0 Å². The van der Waals surface area contributed by atoms with E-state index in [0.29, 0.717) is 0 Å². The van der Waals surface area contributed by atoms with Crippen LogP contribution in [0.15, 0.2) is 36.4 Å². The molecule has 0 spiro atoms. The van der Waals surface area contributed by atoms with Gasteiger partial charge in [-0.25, -0.2) is 4.79 Å². The van der Waals surface area contributed by atoms with Gasteiger partial charge >= 0.3 is 6.09 Å². The molecule has 3 N–H and O–H groups in total. The van der Waals surface area contributed by atoms with Crippen molar-refractivity contribution >= 4 is 28.1 Å². The summed E-state index contributed by atoms with van der Waals surface area (Å²) in [7, 11) is 1.34. The van der Waals surface area contributed by atoms with Crippen molar-refractivity contribution in [3.63, 3.8) is 0 Å². The lowest BCUT2D eigenvalue weighted by Gasteiger charge is -2.05. The highest BCUT2D eigenvalue weighted by atomic mass is 32.1. The number of hydrogen-bond donors (Lipinski definition) is 2. The lowest BCUT2D eigenvalue weighted by Crippen LogP contribution is -2.10. The molecule has 0 bridgehead atoms. The second kappa shape index (κ2) is 8.22. The third kappa shape index (κ3) is 4.93. The molecule has 108 valence electrons. The van der Waals surface area contributed by atoms with Crippen molar-refractivity contribution in [1.29, 1.82) is 0 Å². The third-order valence-electron chi connectivity index (χ3n) is 2.42. The van der Waals surface area contributed by atoms with Gasteiger partial charge in [0.05, 0.1) is 12.1 Å². The number of benzene rings is 1. The molecule has 5 heteroatoms. The molecular formula is C15H20N2O2S. The Hall–Kier alpha value is -2.01. The first kappa shape index (κ1) is 16.0. The molecule has 20 heavy (non-hydrogen) atoms. The van der Waals surface area contributed by atoms with Crippen LogP contribution in [0.2, 0.25) is 0 Å². The number of amides is 1. The summed E-state index contributed by atoms with van der Waals surface area (Å²) < 4.78 is 4.55. The summed E-state index contributed by atoms with van der Waals surface area (Å²) in [5.41, 5.74) is 7.53. The second-order valence-corrected chi connectivity index (χ2v) is 5.00. The van der Waals surface area contributed by atoms with Crippen LogP contribution < -0.4 is 11.1 Å². The molecule has 1 aromatic heterocycles. The van der Waals surface area contributed by atoms with Gasteiger partial charge in [-0.1, -0.05) is 26.0 Å². The lowest BCUT2D eigenvalue weighted by atomic mass is 10.1. The van der Waals surface area contributed by atoms with Gasteiger partial charge in [-0.05, 0) is 29.8 Å². The predicted molar refractivity (Wildman–Crippen MR) is 85.4 cm³/mol. The number of thiophene rings is 1. The van der Waals surface area contributed by atoms with E-state index in [-0.39, 0.29) is 0 Å². The number of ether oxygens (including phenoxy) is 1. The molecule has 1 aromatic carbocycles. The van der Waals surface area contributed by atoms with Gasteiger partial charge in [-0.15, -0.1) is 11.3 Å². The van der Waals surface area contributed by atoms with E-state index in [4.69, 9.17) is 5.73 Å². The molecule has 0 aliphatic carbocycles. The molecule has 0 saturated heterocycles. The number of nitrogen functional groups attached to an aromatic ring is 1. The van der Waals surface area contributed by atoms with Crippen LogP contribution in [0.25, 0.3) is 0 Å². The number of rotatable bonds is 3. The van der Waals surface area contributed by atoms with Crippen LogP contribution in [0.1, 0.15) is 24.3 Å². The van der Waals surface area contributed by atoms with E-state index >= 15 is 0 Å². The Kier molecular flexibility index (Phi) is 6.59. The van der Waals surface area contributed by atoms with E-state index in [2.05, 4.69) is 10.1 Å². The minimum absolute atomic E-state index is 0.465. The van der Waals surface area contributed by atoms with Crippen LogP contribution in [0.5, 0.6) is 0 Å². The fraction of sp³-hybridized carbons (Fsp3) is 0.267. The number of carbonyl (C=O) groups is 1. The summed E-state index contributed by atoms with van der Waals surface area (Å²) in [6.45, 7) is 4.00. The number of carbonyl (C=O) groups excluding carboxylic acids is 1. The molecule has 0 saturated carbocycles. The number of hydrogen-bond acceptors (Lipinski definition) is 4. The Balaban J connectivity index is 0.000000956. The van der Waals surface area contributed by atoms with E-state index < -0.39 is 6.09 Å². The van der Waals surface area contributed by atoms with Gasteiger partial charge < -0.3 is 10.5 Å². The summed E-state index contributed by atoms with van der Waals surface area (Å²) in [6.07, 6.45) is 0.339. The predicted octanol–water partition coefficient (Wildman–Crippen LogP) is 4.13. The fourth-order valence-corrected chi connectivity index (χ4v) is 2.43. The second-order valence-electron chi connectivity index (χ2n) is 3.80. The summed E-state index contributed by atoms with van der Waals surface area (Å²) in [6, 6.07) is 11.6. The minimum atomic E-state index is -0.465. The van der Waals surface area contributed by atoms with E-state index in [1.165, 1.54) is 12.0 Å². The first-order chi connectivity index (χ1) is 9.67. The van der Waals surface area contributed by atoms with Gasteiger partial charge in [-0.3, -0.25) is 5.32 Å². The lowest BCUT2D eigenvalue weighted by molar-refractivity contribution is 0.187. The molecule has 1 amide bonds. The Bertz CT molecular complexity index is 552.